The quantitative estimate of drug-likeness (QED) is 0.0834. The summed E-state index contributed by atoms with van der Waals surface area (Å²) >= 11 is 5.90. The molecule has 204 valence electrons. The van der Waals surface area contributed by atoms with Gasteiger partial charge in [-0.05, 0) is 60.2 Å². The van der Waals surface area contributed by atoms with Gasteiger partial charge in [0, 0.05) is 28.4 Å². The van der Waals surface area contributed by atoms with E-state index in [4.69, 9.17) is 16.3 Å². The minimum atomic E-state index is -5.11. The highest BCUT2D eigenvalue weighted by atomic mass is 35.5. The van der Waals surface area contributed by atoms with Crippen LogP contribution in [0.2, 0.25) is 5.02 Å². The number of carbonyl (C=O) groups is 2. The highest BCUT2D eigenvalue weighted by Gasteiger charge is 2.38. The van der Waals surface area contributed by atoms with E-state index in [9.17, 15) is 41.7 Å². The Hall–Kier alpha value is -4.84. The molecule has 0 aliphatic rings. The van der Waals surface area contributed by atoms with E-state index < -0.39 is 57.1 Å². The van der Waals surface area contributed by atoms with Gasteiger partial charge in [0.15, 0.2) is 0 Å². The second kappa shape index (κ2) is 11.1. The lowest BCUT2D eigenvalue weighted by atomic mass is 10.0. The Morgan fingerprint density at radius 1 is 0.925 bits per heavy atom. The molecule has 0 aliphatic heterocycles. The fourth-order valence-electron chi connectivity index (χ4n) is 3.66. The van der Waals surface area contributed by atoms with Crippen LogP contribution in [0.15, 0.2) is 78.9 Å². The Bertz CT molecular complexity index is 1660. The van der Waals surface area contributed by atoms with E-state index in [1.807, 2.05) is 0 Å². The number of hydrogen-bond acceptors (Lipinski definition) is 5. The molecule has 0 heterocycles. The summed E-state index contributed by atoms with van der Waals surface area (Å²) in [6.07, 6.45) is -5.11. The Morgan fingerprint density at radius 2 is 1.68 bits per heavy atom. The van der Waals surface area contributed by atoms with Gasteiger partial charge in [-0.15, -0.1) is 0 Å². The molecule has 0 unspecified atom stereocenters. The van der Waals surface area contributed by atoms with Crippen molar-refractivity contribution < 1.29 is 41.2 Å². The molecular weight excluding hydrogens is 563 g/mol. The zero-order chi connectivity index (χ0) is 29.2. The molecule has 0 saturated carbocycles. The number of nitrogens with zero attached hydrogens (tertiary/aromatic N) is 1. The van der Waals surface area contributed by atoms with Gasteiger partial charge in [0.1, 0.15) is 22.9 Å². The number of esters is 1. The number of hydrogen-bond donors (Lipinski definition) is 1. The van der Waals surface area contributed by atoms with Crippen molar-refractivity contribution in [2.24, 2.45) is 0 Å². The Kier molecular flexibility index (Phi) is 7.82. The standard InChI is InChI=1S/C27H14ClF5N2O5/c28-16-3-1-2-15(10-16)26(37)40-24-9-4-14(19-7-5-17(29)12-22(19)30)11-20(24)25(36)34-18-6-8-23(35(38)39)21(13-18)27(31,32)33/h1-13H,(H,34,36). The number of carbonyl (C=O) groups excluding carboxylic acids is 2. The minimum Gasteiger partial charge on any atom is -0.422 e. The van der Waals surface area contributed by atoms with Crippen LogP contribution in [0.1, 0.15) is 26.3 Å². The van der Waals surface area contributed by atoms with E-state index in [0.717, 1.165) is 30.3 Å². The topological polar surface area (TPSA) is 98.5 Å². The maximum atomic E-state index is 14.4. The van der Waals surface area contributed by atoms with Crippen LogP contribution in [-0.4, -0.2) is 16.8 Å². The first-order valence-corrected chi connectivity index (χ1v) is 11.5. The van der Waals surface area contributed by atoms with Gasteiger partial charge in [0.25, 0.3) is 11.6 Å². The van der Waals surface area contributed by atoms with Gasteiger partial charge in [-0.2, -0.15) is 13.2 Å². The van der Waals surface area contributed by atoms with Crippen LogP contribution < -0.4 is 10.1 Å². The fourth-order valence-corrected chi connectivity index (χ4v) is 3.85. The molecule has 0 saturated heterocycles. The van der Waals surface area contributed by atoms with Crippen molar-refractivity contribution in [3.8, 4) is 16.9 Å². The van der Waals surface area contributed by atoms with E-state index in [0.29, 0.717) is 18.2 Å². The van der Waals surface area contributed by atoms with Gasteiger partial charge < -0.3 is 10.1 Å². The Labute approximate surface area is 226 Å². The molecule has 4 aromatic carbocycles. The molecule has 0 fully saturated rings. The second-order valence-corrected chi connectivity index (χ2v) is 8.61. The molecule has 0 spiro atoms. The van der Waals surface area contributed by atoms with Gasteiger partial charge >= 0.3 is 12.1 Å². The highest BCUT2D eigenvalue weighted by molar-refractivity contribution is 6.30. The maximum absolute atomic E-state index is 14.4. The molecule has 40 heavy (non-hydrogen) atoms. The molecule has 4 rings (SSSR count). The third-order valence-electron chi connectivity index (χ3n) is 5.49. The van der Waals surface area contributed by atoms with Crippen molar-refractivity contribution in [1.29, 1.82) is 0 Å². The van der Waals surface area contributed by atoms with Gasteiger partial charge in [-0.1, -0.05) is 23.7 Å². The Balaban J connectivity index is 1.76. The van der Waals surface area contributed by atoms with Crippen molar-refractivity contribution >= 4 is 34.9 Å². The first-order valence-electron chi connectivity index (χ1n) is 11.1. The van der Waals surface area contributed by atoms with Crippen LogP contribution in [0.5, 0.6) is 5.75 Å². The largest absolute Gasteiger partial charge is 0.423 e. The first-order chi connectivity index (χ1) is 18.8. The van der Waals surface area contributed by atoms with E-state index in [2.05, 4.69) is 5.32 Å². The fraction of sp³-hybridized carbons (Fsp3) is 0.0370. The highest BCUT2D eigenvalue weighted by Crippen LogP contribution is 2.38. The molecule has 1 amide bonds. The summed E-state index contributed by atoms with van der Waals surface area (Å²) < 4.78 is 73.4. The lowest BCUT2D eigenvalue weighted by molar-refractivity contribution is -0.388. The van der Waals surface area contributed by atoms with E-state index >= 15 is 0 Å². The average Bonchev–Trinajstić information content (AvgIpc) is 2.88. The van der Waals surface area contributed by atoms with Gasteiger partial charge in [0.2, 0.25) is 0 Å². The molecule has 0 atom stereocenters. The van der Waals surface area contributed by atoms with Crippen molar-refractivity contribution in [2.75, 3.05) is 5.32 Å². The summed E-state index contributed by atoms with van der Waals surface area (Å²) in [6, 6.07) is 13.7. The van der Waals surface area contributed by atoms with Crippen LogP contribution in [0.3, 0.4) is 0 Å². The minimum absolute atomic E-state index is 0.0118. The first kappa shape index (κ1) is 28.2. The van der Waals surface area contributed by atoms with Gasteiger partial charge in [0.05, 0.1) is 16.1 Å². The summed E-state index contributed by atoms with van der Waals surface area (Å²) in [6.45, 7) is 0. The van der Waals surface area contributed by atoms with Crippen molar-refractivity contribution in [3.63, 3.8) is 0 Å². The summed E-state index contributed by atoms with van der Waals surface area (Å²) in [7, 11) is 0. The number of rotatable bonds is 6. The summed E-state index contributed by atoms with van der Waals surface area (Å²) in [4.78, 5) is 35.7. The molecule has 0 radical (unpaired) electrons. The van der Waals surface area contributed by atoms with E-state index in [1.165, 1.54) is 30.3 Å². The second-order valence-electron chi connectivity index (χ2n) is 8.18. The van der Waals surface area contributed by atoms with Crippen LogP contribution >= 0.6 is 11.6 Å². The third-order valence-corrected chi connectivity index (χ3v) is 5.72. The SMILES string of the molecule is O=C(Oc1ccc(-c2ccc(F)cc2F)cc1C(=O)Nc1ccc([N+](=O)[O-])c(C(F)(F)F)c1)c1cccc(Cl)c1. The third kappa shape index (κ3) is 6.24. The molecule has 0 aromatic heterocycles. The zero-order valence-electron chi connectivity index (χ0n) is 19.8. The lowest BCUT2D eigenvalue weighted by Crippen LogP contribution is -2.17. The molecule has 0 bridgehead atoms. The molecule has 4 aromatic rings. The van der Waals surface area contributed by atoms with Crippen LogP contribution in [0, 0.1) is 21.7 Å². The summed E-state index contributed by atoms with van der Waals surface area (Å²) in [5, 5.41) is 13.4. The molecule has 0 aliphatic carbocycles. The van der Waals surface area contributed by atoms with Gasteiger partial charge in [-0.3, -0.25) is 14.9 Å². The Morgan fingerprint density at radius 3 is 2.33 bits per heavy atom. The number of alkyl halides is 3. The number of halogens is 6. The van der Waals surface area contributed by atoms with Crippen LogP contribution in [0.25, 0.3) is 11.1 Å². The number of benzene rings is 4. The average molecular weight is 577 g/mol. The number of anilines is 1. The molecular formula is C27H14ClF5N2O5. The number of amides is 1. The van der Waals surface area contributed by atoms with Crippen LogP contribution in [0.4, 0.5) is 33.3 Å². The van der Waals surface area contributed by atoms with Crippen LogP contribution in [-0.2, 0) is 6.18 Å². The maximum Gasteiger partial charge on any atom is 0.423 e. The zero-order valence-corrected chi connectivity index (χ0v) is 20.5. The number of nitrogens with one attached hydrogen (secondary N) is 1. The number of nitro groups is 1. The van der Waals surface area contributed by atoms with E-state index in [-0.39, 0.29) is 27.5 Å². The predicted octanol–water partition coefficient (Wildman–Crippen LogP) is 7.68. The monoisotopic (exact) mass is 576 g/mol. The molecule has 1 N–H and O–H groups in total. The van der Waals surface area contributed by atoms with E-state index in [1.54, 1.807) is 0 Å². The van der Waals surface area contributed by atoms with Crippen molar-refractivity contribution in [2.45, 2.75) is 6.18 Å². The van der Waals surface area contributed by atoms with Crippen molar-refractivity contribution in [1.82, 2.24) is 0 Å². The lowest BCUT2D eigenvalue weighted by Gasteiger charge is -2.14. The summed E-state index contributed by atoms with van der Waals surface area (Å²) in [5.74, 6) is -4.22. The predicted molar refractivity (Wildman–Crippen MR) is 134 cm³/mol. The van der Waals surface area contributed by atoms with Crippen molar-refractivity contribution in [3.05, 3.63) is 122 Å². The molecule has 7 nitrogen and oxygen atoms in total. The molecule has 13 heteroatoms. The van der Waals surface area contributed by atoms with Gasteiger partial charge in [-0.25, -0.2) is 13.6 Å². The normalized spacial score (nSPS) is 11.2. The smallest absolute Gasteiger partial charge is 0.422 e. The summed E-state index contributed by atoms with van der Waals surface area (Å²) in [5.41, 5.74) is -3.78. The number of nitro benzene ring substituents is 1. The number of ether oxygens (including phenoxy) is 1.